The van der Waals surface area contributed by atoms with Crippen LogP contribution in [0.25, 0.3) is 27.6 Å². The van der Waals surface area contributed by atoms with Crippen molar-refractivity contribution in [2.45, 2.75) is 10.9 Å². The van der Waals surface area contributed by atoms with E-state index in [4.69, 9.17) is 14.1 Å². The molecule has 6 nitrogen and oxygen atoms in total. The minimum Gasteiger partial charge on any atom is -0.497 e. The van der Waals surface area contributed by atoms with Crippen LogP contribution < -0.4 is 15.9 Å². The number of aromatic nitrogens is 2. The largest absolute Gasteiger partial charge is 0.497 e. The molecule has 5 aromatic rings. The molecule has 2 heterocycles. The van der Waals surface area contributed by atoms with E-state index in [-0.39, 0.29) is 5.56 Å². The van der Waals surface area contributed by atoms with Gasteiger partial charge in [0.25, 0.3) is 5.56 Å². The summed E-state index contributed by atoms with van der Waals surface area (Å²) >= 11 is 1.40. The highest BCUT2D eigenvalue weighted by molar-refractivity contribution is 7.98. The summed E-state index contributed by atoms with van der Waals surface area (Å²) in [6.07, 6.45) is 0. The van der Waals surface area contributed by atoms with Crippen LogP contribution in [-0.2, 0) is 5.75 Å². The van der Waals surface area contributed by atoms with E-state index in [0.29, 0.717) is 33.1 Å². The van der Waals surface area contributed by atoms with Gasteiger partial charge in [-0.15, -0.1) is 0 Å². The quantitative estimate of drug-likeness (QED) is 0.221. The van der Waals surface area contributed by atoms with Crippen molar-refractivity contribution in [3.63, 3.8) is 0 Å². The van der Waals surface area contributed by atoms with Gasteiger partial charge in [0.1, 0.15) is 11.3 Å². The van der Waals surface area contributed by atoms with Crippen LogP contribution in [-0.4, -0.2) is 16.7 Å². The average Bonchev–Trinajstić information content (AvgIpc) is 2.82. The first-order valence-electron chi connectivity index (χ1n) is 9.95. The maximum atomic E-state index is 13.3. The molecule has 0 amide bonds. The topological polar surface area (TPSA) is 74.3 Å². The van der Waals surface area contributed by atoms with Gasteiger partial charge in [-0.25, -0.2) is 9.78 Å². The molecule has 3 aromatic carbocycles. The van der Waals surface area contributed by atoms with Crippen LogP contribution in [0.15, 0.2) is 98.0 Å². The monoisotopic (exact) mass is 442 g/mol. The van der Waals surface area contributed by atoms with Gasteiger partial charge in [0, 0.05) is 23.3 Å². The number of methoxy groups -OCH3 is 1. The number of fused-ring (bicyclic) bond motifs is 2. The molecule has 0 N–H and O–H groups in total. The van der Waals surface area contributed by atoms with E-state index in [1.807, 2.05) is 60.7 Å². The van der Waals surface area contributed by atoms with Gasteiger partial charge in [0.2, 0.25) is 0 Å². The maximum Gasteiger partial charge on any atom is 0.336 e. The van der Waals surface area contributed by atoms with Crippen molar-refractivity contribution in [1.29, 1.82) is 0 Å². The first kappa shape index (κ1) is 20.1. The Hall–Kier alpha value is -3.84. The van der Waals surface area contributed by atoms with E-state index in [2.05, 4.69) is 0 Å². The molecule has 0 bridgehead atoms. The van der Waals surface area contributed by atoms with Crippen LogP contribution in [0.4, 0.5) is 0 Å². The third kappa shape index (κ3) is 3.67. The molecule has 0 aliphatic carbocycles. The minimum atomic E-state index is -0.437. The van der Waals surface area contributed by atoms with Crippen molar-refractivity contribution in [2.24, 2.45) is 0 Å². The number of hydrogen-bond acceptors (Lipinski definition) is 6. The van der Waals surface area contributed by atoms with Crippen LogP contribution in [0.2, 0.25) is 0 Å². The molecule has 0 unspecified atom stereocenters. The van der Waals surface area contributed by atoms with Gasteiger partial charge in [0.05, 0.1) is 23.7 Å². The molecular formula is C25H18N2O4S. The lowest BCUT2D eigenvalue weighted by Crippen LogP contribution is -2.21. The standard InChI is InChI=1S/C25H18N2O4S/c1-30-18-11-12-19-16(13-23(28)31-22(19)14-18)15-32-25-26-21-10-6-5-9-20(21)24(29)27(25)17-7-3-2-4-8-17/h2-14H,15H2,1H3. The third-order valence-electron chi connectivity index (χ3n) is 5.15. The van der Waals surface area contributed by atoms with Crippen LogP contribution in [0.3, 0.4) is 0 Å². The Bertz CT molecular complexity index is 1560. The first-order chi connectivity index (χ1) is 15.6. The second kappa shape index (κ2) is 8.36. The molecule has 0 spiro atoms. The first-order valence-corrected chi connectivity index (χ1v) is 10.9. The van der Waals surface area contributed by atoms with Crippen molar-refractivity contribution >= 4 is 33.6 Å². The second-order valence-electron chi connectivity index (χ2n) is 7.13. The summed E-state index contributed by atoms with van der Waals surface area (Å²) in [5, 5.41) is 1.92. The fourth-order valence-corrected chi connectivity index (χ4v) is 4.62. The highest BCUT2D eigenvalue weighted by Crippen LogP contribution is 2.29. The number of ether oxygens (including phenoxy) is 1. The maximum absolute atomic E-state index is 13.3. The summed E-state index contributed by atoms with van der Waals surface area (Å²) in [5.41, 5.74) is 2.06. The molecule has 0 atom stereocenters. The summed E-state index contributed by atoms with van der Waals surface area (Å²) in [4.78, 5) is 30.2. The molecule has 0 radical (unpaired) electrons. The lowest BCUT2D eigenvalue weighted by Gasteiger charge is -2.13. The molecule has 0 fully saturated rings. The van der Waals surface area contributed by atoms with E-state index in [1.54, 1.807) is 23.8 Å². The lowest BCUT2D eigenvalue weighted by atomic mass is 10.1. The van der Waals surface area contributed by atoms with Gasteiger partial charge in [-0.05, 0) is 42.0 Å². The Balaban J connectivity index is 1.62. The molecule has 0 saturated carbocycles. The predicted molar refractivity (Wildman–Crippen MR) is 126 cm³/mol. The fraction of sp³-hybridized carbons (Fsp3) is 0.0800. The van der Waals surface area contributed by atoms with Gasteiger partial charge >= 0.3 is 5.63 Å². The number of para-hydroxylation sites is 2. The van der Waals surface area contributed by atoms with Crippen molar-refractivity contribution in [3.05, 3.63) is 105 Å². The second-order valence-corrected chi connectivity index (χ2v) is 8.07. The Kier molecular flexibility index (Phi) is 5.25. The fourth-order valence-electron chi connectivity index (χ4n) is 3.61. The third-order valence-corrected chi connectivity index (χ3v) is 6.14. The zero-order valence-electron chi connectivity index (χ0n) is 17.1. The van der Waals surface area contributed by atoms with E-state index in [9.17, 15) is 9.59 Å². The summed E-state index contributed by atoms with van der Waals surface area (Å²) in [6.45, 7) is 0. The van der Waals surface area contributed by atoms with Gasteiger partial charge in [0.15, 0.2) is 5.16 Å². The molecule has 158 valence electrons. The zero-order valence-corrected chi connectivity index (χ0v) is 18.0. The van der Waals surface area contributed by atoms with E-state index in [1.165, 1.54) is 17.8 Å². The number of rotatable bonds is 5. The van der Waals surface area contributed by atoms with Crippen molar-refractivity contribution < 1.29 is 9.15 Å². The summed E-state index contributed by atoms with van der Waals surface area (Å²) < 4.78 is 12.2. The van der Waals surface area contributed by atoms with Crippen LogP contribution in [0.1, 0.15) is 5.56 Å². The summed E-state index contributed by atoms with van der Waals surface area (Å²) in [7, 11) is 1.56. The molecule has 7 heteroatoms. The minimum absolute atomic E-state index is 0.133. The van der Waals surface area contributed by atoms with Crippen LogP contribution >= 0.6 is 11.8 Å². The Morgan fingerprint density at radius 2 is 1.72 bits per heavy atom. The van der Waals surface area contributed by atoms with E-state index >= 15 is 0 Å². The van der Waals surface area contributed by atoms with E-state index in [0.717, 1.165) is 16.6 Å². The molecule has 2 aromatic heterocycles. The SMILES string of the molecule is COc1ccc2c(CSc3nc4ccccc4c(=O)n3-c3ccccc3)cc(=O)oc2c1. The number of hydrogen-bond donors (Lipinski definition) is 0. The summed E-state index contributed by atoms with van der Waals surface area (Å²) in [5.74, 6) is 1.05. The van der Waals surface area contributed by atoms with E-state index < -0.39 is 5.63 Å². The average molecular weight is 442 g/mol. The van der Waals surface area contributed by atoms with Crippen molar-refractivity contribution in [3.8, 4) is 11.4 Å². The van der Waals surface area contributed by atoms with Gasteiger partial charge in [-0.2, -0.15) is 0 Å². The molecule has 0 saturated heterocycles. The predicted octanol–water partition coefficient (Wildman–Crippen LogP) is 4.79. The molecule has 0 aliphatic rings. The van der Waals surface area contributed by atoms with Crippen LogP contribution in [0.5, 0.6) is 5.75 Å². The van der Waals surface area contributed by atoms with Gasteiger partial charge < -0.3 is 9.15 Å². The number of benzene rings is 3. The number of thioether (sulfide) groups is 1. The molecule has 32 heavy (non-hydrogen) atoms. The van der Waals surface area contributed by atoms with Crippen molar-refractivity contribution in [1.82, 2.24) is 9.55 Å². The molecule has 5 rings (SSSR count). The Morgan fingerprint density at radius 1 is 0.938 bits per heavy atom. The Morgan fingerprint density at radius 3 is 2.53 bits per heavy atom. The van der Waals surface area contributed by atoms with Gasteiger partial charge in [-0.3, -0.25) is 9.36 Å². The van der Waals surface area contributed by atoms with Gasteiger partial charge in [-0.1, -0.05) is 42.1 Å². The summed E-state index contributed by atoms with van der Waals surface area (Å²) in [6, 6.07) is 23.6. The molecule has 0 aliphatic heterocycles. The lowest BCUT2D eigenvalue weighted by molar-refractivity contribution is 0.414. The normalized spacial score (nSPS) is 11.2. The zero-order chi connectivity index (χ0) is 22.1. The van der Waals surface area contributed by atoms with Crippen molar-refractivity contribution in [2.75, 3.05) is 7.11 Å². The molecular weight excluding hydrogens is 424 g/mol. The highest BCUT2D eigenvalue weighted by Gasteiger charge is 2.15. The van der Waals surface area contributed by atoms with Crippen LogP contribution in [0, 0.1) is 0 Å². The number of nitrogens with zero attached hydrogens (tertiary/aromatic N) is 2. The smallest absolute Gasteiger partial charge is 0.336 e. The highest BCUT2D eigenvalue weighted by atomic mass is 32.2. The Labute approximate surface area is 187 Å².